The molecule has 0 N–H and O–H groups in total. The van der Waals surface area contributed by atoms with E-state index in [1.165, 1.54) is 32.2 Å². The van der Waals surface area contributed by atoms with Gasteiger partial charge in [0, 0.05) is 13.2 Å². The molecular formula is C10H19NO. The van der Waals surface area contributed by atoms with Crippen LogP contribution >= 0.6 is 0 Å². The van der Waals surface area contributed by atoms with Crippen LogP contribution in [0.2, 0.25) is 0 Å². The van der Waals surface area contributed by atoms with Crippen molar-refractivity contribution in [2.75, 3.05) is 20.7 Å². The monoisotopic (exact) mass is 169 g/mol. The average molecular weight is 169 g/mol. The second-order valence-corrected chi connectivity index (χ2v) is 4.23. The molecule has 0 aromatic carbocycles. The SMILES string of the molecule is COC1CCCC2CCN(C)C21. The average Bonchev–Trinajstić information content (AvgIpc) is 2.48. The van der Waals surface area contributed by atoms with Crippen molar-refractivity contribution in [1.29, 1.82) is 0 Å². The number of ether oxygens (including phenoxy) is 1. The molecule has 1 saturated heterocycles. The zero-order chi connectivity index (χ0) is 8.55. The van der Waals surface area contributed by atoms with E-state index in [1.54, 1.807) is 0 Å². The molecule has 0 aromatic heterocycles. The number of nitrogens with zero attached hydrogens (tertiary/aromatic N) is 1. The van der Waals surface area contributed by atoms with Crippen LogP contribution in [0.4, 0.5) is 0 Å². The summed E-state index contributed by atoms with van der Waals surface area (Å²) >= 11 is 0. The van der Waals surface area contributed by atoms with E-state index < -0.39 is 0 Å². The molecule has 1 heterocycles. The van der Waals surface area contributed by atoms with Crippen LogP contribution in [-0.2, 0) is 4.74 Å². The summed E-state index contributed by atoms with van der Waals surface area (Å²) in [5.74, 6) is 0.925. The molecule has 2 fully saturated rings. The summed E-state index contributed by atoms with van der Waals surface area (Å²) in [6, 6.07) is 0.726. The Kier molecular flexibility index (Phi) is 2.37. The third-order valence-corrected chi connectivity index (χ3v) is 3.59. The number of rotatable bonds is 1. The van der Waals surface area contributed by atoms with Crippen LogP contribution in [0.3, 0.4) is 0 Å². The van der Waals surface area contributed by atoms with E-state index in [9.17, 15) is 0 Å². The van der Waals surface area contributed by atoms with Crippen molar-refractivity contribution in [1.82, 2.24) is 4.90 Å². The number of hydrogen-bond acceptors (Lipinski definition) is 2. The quantitative estimate of drug-likeness (QED) is 0.590. The van der Waals surface area contributed by atoms with Gasteiger partial charge in [-0.15, -0.1) is 0 Å². The summed E-state index contributed by atoms with van der Waals surface area (Å²) in [5.41, 5.74) is 0. The molecule has 2 heteroatoms. The fourth-order valence-corrected chi connectivity index (χ4v) is 2.96. The van der Waals surface area contributed by atoms with Crippen LogP contribution in [-0.4, -0.2) is 37.7 Å². The van der Waals surface area contributed by atoms with Crippen LogP contribution in [0.5, 0.6) is 0 Å². The van der Waals surface area contributed by atoms with Crippen molar-refractivity contribution in [2.24, 2.45) is 5.92 Å². The highest BCUT2D eigenvalue weighted by Crippen LogP contribution is 2.36. The van der Waals surface area contributed by atoms with Gasteiger partial charge in [-0.1, -0.05) is 6.42 Å². The van der Waals surface area contributed by atoms with Gasteiger partial charge in [-0.25, -0.2) is 0 Å². The van der Waals surface area contributed by atoms with Crippen LogP contribution < -0.4 is 0 Å². The zero-order valence-corrected chi connectivity index (χ0v) is 8.12. The molecule has 0 spiro atoms. The van der Waals surface area contributed by atoms with E-state index in [0.29, 0.717) is 6.10 Å². The Labute approximate surface area is 74.9 Å². The minimum Gasteiger partial charge on any atom is -0.380 e. The van der Waals surface area contributed by atoms with Crippen LogP contribution in [0, 0.1) is 5.92 Å². The molecule has 0 radical (unpaired) electrons. The van der Waals surface area contributed by atoms with E-state index in [1.807, 2.05) is 7.11 Å². The van der Waals surface area contributed by atoms with E-state index >= 15 is 0 Å². The molecule has 3 atom stereocenters. The second kappa shape index (κ2) is 3.35. The maximum atomic E-state index is 5.53. The van der Waals surface area contributed by atoms with Gasteiger partial charge in [0.2, 0.25) is 0 Å². The number of likely N-dealkylation sites (N-methyl/N-ethyl adjacent to an activating group) is 1. The molecule has 3 unspecified atom stereocenters. The highest BCUT2D eigenvalue weighted by molar-refractivity contribution is 4.93. The van der Waals surface area contributed by atoms with Gasteiger partial charge < -0.3 is 9.64 Å². The standard InChI is InChI=1S/C10H19NO/c1-11-7-6-8-4-3-5-9(12-2)10(8)11/h8-10H,3-7H2,1-2H3. The first kappa shape index (κ1) is 8.52. The molecule has 1 aliphatic carbocycles. The van der Waals surface area contributed by atoms with E-state index in [2.05, 4.69) is 11.9 Å². The van der Waals surface area contributed by atoms with Gasteiger partial charge >= 0.3 is 0 Å². The van der Waals surface area contributed by atoms with Gasteiger partial charge in [0.15, 0.2) is 0 Å². The Hall–Kier alpha value is -0.0800. The van der Waals surface area contributed by atoms with E-state index in [0.717, 1.165) is 12.0 Å². The predicted molar refractivity (Wildman–Crippen MR) is 49.2 cm³/mol. The molecule has 1 saturated carbocycles. The third-order valence-electron chi connectivity index (χ3n) is 3.59. The van der Waals surface area contributed by atoms with Gasteiger partial charge in [-0.05, 0) is 38.8 Å². The molecule has 12 heavy (non-hydrogen) atoms. The van der Waals surface area contributed by atoms with Crippen molar-refractivity contribution in [3.63, 3.8) is 0 Å². The Morgan fingerprint density at radius 1 is 1.25 bits per heavy atom. The summed E-state index contributed by atoms with van der Waals surface area (Å²) in [6.07, 6.45) is 5.96. The van der Waals surface area contributed by atoms with E-state index in [4.69, 9.17) is 4.74 Å². The summed E-state index contributed by atoms with van der Waals surface area (Å²) in [4.78, 5) is 2.48. The summed E-state index contributed by atoms with van der Waals surface area (Å²) in [6.45, 7) is 1.27. The number of likely N-dealkylation sites (tertiary alicyclic amines) is 1. The van der Waals surface area contributed by atoms with Crippen LogP contribution in [0.1, 0.15) is 25.7 Å². The number of hydrogen-bond donors (Lipinski definition) is 0. The van der Waals surface area contributed by atoms with Gasteiger partial charge in [0.25, 0.3) is 0 Å². The molecule has 70 valence electrons. The largest absolute Gasteiger partial charge is 0.380 e. The van der Waals surface area contributed by atoms with Gasteiger partial charge in [0.1, 0.15) is 0 Å². The first-order valence-electron chi connectivity index (χ1n) is 5.06. The predicted octanol–water partition coefficient (Wildman–Crippen LogP) is 1.51. The summed E-state index contributed by atoms with van der Waals surface area (Å²) < 4.78 is 5.53. The minimum absolute atomic E-state index is 0.510. The Morgan fingerprint density at radius 2 is 2.08 bits per heavy atom. The molecule has 2 nitrogen and oxygen atoms in total. The van der Waals surface area contributed by atoms with Crippen molar-refractivity contribution in [2.45, 2.75) is 37.8 Å². The number of fused-ring (bicyclic) bond motifs is 1. The van der Waals surface area contributed by atoms with Gasteiger partial charge in [0.05, 0.1) is 6.10 Å². The van der Waals surface area contributed by atoms with Crippen molar-refractivity contribution < 1.29 is 4.74 Å². The first-order valence-corrected chi connectivity index (χ1v) is 5.06. The topological polar surface area (TPSA) is 12.5 Å². The molecule has 1 aliphatic heterocycles. The second-order valence-electron chi connectivity index (χ2n) is 4.23. The molecular weight excluding hydrogens is 150 g/mol. The first-order chi connectivity index (χ1) is 5.83. The molecule has 0 amide bonds. The lowest BCUT2D eigenvalue weighted by Crippen LogP contribution is -2.43. The smallest absolute Gasteiger partial charge is 0.0729 e. The van der Waals surface area contributed by atoms with Crippen molar-refractivity contribution in [3.05, 3.63) is 0 Å². The van der Waals surface area contributed by atoms with Crippen LogP contribution in [0.15, 0.2) is 0 Å². The fraction of sp³-hybridized carbons (Fsp3) is 1.00. The fourth-order valence-electron chi connectivity index (χ4n) is 2.96. The normalized spacial score (nSPS) is 43.0. The lowest BCUT2D eigenvalue weighted by Gasteiger charge is -2.36. The van der Waals surface area contributed by atoms with Gasteiger partial charge in [-0.3, -0.25) is 0 Å². The lowest BCUT2D eigenvalue weighted by molar-refractivity contribution is -0.00150. The zero-order valence-electron chi connectivity index (χ0n) is 8.12. The third kappa shape index (κ3) is 1.27. The Bertz CT molecular complexity index is 158. The Morgan fingerprint density at radius 3 is 2.83 bits per heavy atom. The summed E-state index contributed by atoms with van der Waals surface area (Å²) in [7, 11) is 4.10. The molecule has 2 aliphatic rings. The van der Waals surface area contributed by atoms with E-state index in [-0.39, 0.29) is 0 Å². The maximum absolute atomic E-state index is 5.53. The lowest BCUT2D eigenvalue weighted by atomic mass is 9.83. The molecule has 2 rings (SSSR count). The van der Waals surface area contributed by atoms with Gasteiger partial charge in [-0.2, -0.15) is 0 Å². The number of methoxy groups -OCH3 is 1. The van der Waals surface area contributed by atoms with Crippen LogP contribution in [0.25, 0.3) is 0 Å². The maximum Gasteiger partial charge on any atom is 0.0729 e. The molecule has 0 aromatic rings. The minimum atomic E-state index is 0.510. The van der Waals surface area contributed by atoms with Crippen molar-refractivity contribution in [3.8, 4) is 0 Å². The van der Waals surface area contributed by atoms with Crippen molar-refractivity contribution >= 4 is 0 Å². The molecule has 0 bridgehead atoms. The Balaban J connectivity index is 2.07. The highest BCUT2D eigenvalue weighted by Gasteiger charge is 2.39. The highest BCUT2D eigenvalue weighted by atomic mass is 16.5. The summed E-state index contributed by atoms with van der Waals surface area (Å²) in [5, 5.41) is 0.